The minimum Gasteiger partial charge on any atom is -0.457 e. The molecule has 334 valence electrons. The number of carbonyl (C=O) groups is 4. The summed E-state index contributed by atoms with van der Waals surface area (Å²) in [6.45, 7) is 23.2. The third-order valence-corrected chi connectivity index (χ3v) is 13.3. The molecular weight excluding hydrogens is 774 g/mol. The Hall–Kier alpha value is -3.82. The molecule has 1 aromatic carbocycles. The maximum Gasteiger partial charge on any atom is 0.407 e. The molecule has 2 saturated carbocycles. The highest BCUT2D eigenvalue weighted by Gasteiger charge is 2.80. The quantitative estimate of drug-likeness (QED) is 0.130. The van der Waals surface area contributed by atoms with E-state index in [0.717, 1.165) is 0 Å². The number of fused-ring (bicyclic) bond motifs is 3. The highest BCUT2D eigenvalue weighted by atomic mass is 16.7. The topological polar surface area (TPSA) is 185 Å². The Kier molecular flexibility index (Phi) is 13.2. The second-order valence-electron chi connectivity index (χ2n) is 19.3. The highest BCUT2D eigenvalue weighted by molar-refractivity contribution is 5.89. The minimum absolute atomic E-state index is 0. The zero-order valence-corrected chi connectivity index (χ0v) is 36.2. The lowest BCUT2D eigenvalue weighted by Gasteiger charge is -2.67. The average molecular weight is 842 g/mol. The van der Waals surface area contributed by atoms with Gasteiger partial charge in [0.05, 0.1) is 47.4 Å². The molecule has 2 heterocycles. The van der Waals surface area contributed by atoms with Crippen molar-refractivity contribution in [3.63, 3.8) is 0 Å². The maximum atomic E-state index is 14.5. The molecule has 13 atom stereocenters. The molecule has 0 aromatic heterocycles. The lowest BCUT2D eigenvalue weighted by Crippen LogP contribution is -2.80. The number of esters is 3. The van der Waals surface area contributed by atoms with Crippen molar-refractivity contribution < 1.29 is 62.5 Å². The SMILES string of the molecule is C.C=CC1O[C@H]2C[C@H]3OC[C@@]3(OC(C)=O)[C@H]3[C@H](OC(=O)c4ccccc4)[C@]4(C(C)(C)O)CC(OC(=O)[C@@H](O)C(CC(C)C)NC(=O)OC(C)(C)C)C(C)=C4[C@H](C)[C@H](O1)[C@]23C. The van der Waals surface area contributed by atoms with Crippen LogP contribution in [0.2, 0.25) is 0 Å². The van der Waals surface area contributed by atoms with Crippen LogP contribution in [0.25, 0.3) is 0 Å². The second kappa shape index (κ2) is 16.8. The number of hydrogen-bond acceptors (Lipinski definition) is 13. The number of carbonyl (C=O) groups excluding carboxylic acids is 4. The summed E-state index contributed by atoms with van der Waals surface area (Å²) in [7, 11) is 0. The van der Waals surface area contributed by atoms with E-state index in [1.54, 1.807) is 78.0 Å². The van der Waals surface area contributed by atoms with Crippen molar-refractivity contribution in [2.75, 3.05) is 6.61 Å². The molecule has 2 saturated heterocycles. The number of benzene rings is 1. The summed E-state index contributed by atoms with van der Waals surface area (Å²) in [5.74, 6) is -3.69. The van der Waals surface area contributed by atoms with E-state index in [1.807, 2.05) is 27.7 Å². The molecule has 60 heavy (non-hydrogen) atoms. The summed E-state index contributed by atoms with van der Waals surface area (Å²) in [6.07, 6.45) is -5.55. The Bertz CT molecular complexity index is 1830. The Morgan fingerprint density at radius 2 is 1.70 bits per heavy atom. The van der Waals surface area contributed by atoms with E-state index in [1.165, 1.54) is 6.92 Å². The number of hydrogen-bond donors (Lipinski definition) is 3. The zero-order chi connectivity index (χ0) is 43.6. The van der Waals surface area contributed by atoms with Crippen LogP contribution in [0.5, 0.6) is 0 Å². The summed E-state index contributed by atoms with van der Waals surface area (Å²) in [5, 5.41) is 27.0. The number of rotatable bonds is 11. The first-order valence-corrected chi connectivity index (χ1v) is 20.7. The van der Waals surface area contributed by atoms with Crippen LogP contribution >= 0.6 is 0 Å². The van der Waals surface area contributed by atoms with Gasteiger partial charge in [0.1, 0.15) is 23.9 Å². The van der Waals surface area contributed by atoms with Crippen LogP contribution < -0.4 is 5.32 Å². The third kappa shape index (κ3) is 8.03. The van der Waals surface area contributed by atoms with E-state index in [-0.39, 0.29) is 38.4 Å². The van der Waals surface area contributed by atoms with Gasteiger partial charge in [-0.2, -0.15) is 0 Å². The molecule has 1 amide bonds. The number of aliphatic hydroxyl groups is 2. The molecule has 3 N–H and O–H groups in total. The van der Waals surface area contributed by atoms with E-state index in [0.29, 0.717) is 17.6 Å². The van der Waals surface area contributed by atoms with E-state index < -0.39 is 112 Å². The number of alkyl carbamates (subject to hydrolysis) is 1. The number of aliphatic hydroxyl groups excluding tert-OH is 1. The molecule has 14 nitrogen and oxygen atoms in total. The van der Waals surface area contributed by atoms with Gasteiger partial charge in [-0.05, 0) is 83.2 Å². The van der Waals surface area contributed by atoms with Crippen molar-refractivity contribution in [1.29, 1.82) is 0 Å². The van der Waals surface area contributed by atoms with Crippen LogP contribution in [0.4, 0.5) is 4.79 Å². The fraction of sp³-hybridized carbons (Fsp3) is 0.696. The van der Waals surface area contributed by atoms with Crippen molar-refractivity contribution in [2.24, 2.45) is 28.6 Å². The lowest BCUT2D eigenvalue weighted by atomic mass is 9.49. The Labute approximate surface area is 354 Å². The van der Waals surface area contributed by atoms with E-state index >= 15 is 0 Å². The molecule has 5 aliphatic rings. The Balaban J connectivity index is 0.00000683. The normalized spacial score (nSPS) is 35.4. The zero-order valence-electron chi connectivity index (χ0n) is 36.2. The summed E-state index contributed by atoms with van der Waals surface area (Å²) in [6, 6.07) is 7.43. The predicted octanol–water partition coefficient (Wildman–Crippen LogP) is 6.21. The van der Waals surface area contributed by atoms with E-state index in [2.05, 4.69) is 11.9 Å². The first-order chi connectivity index (χ1) is 27.4. The molecule has 4 fully saturated rings. The average Bonchev–Trinajstić information content (AvgIpc) is 3.39. The lowest BCUT2D eigenvalue weighted by molar-refractivity contribution is -0.391. The van der Waals surface area contributed by atoms with Gasteiger partial charge < -0.3 is 48.7 Å². The van der Waals surface area contributed by atoms with Crippen LogP contribution in [0, 0.1) is 28.6 Å². The molecule has 0 bridgehead atoms. The van der Waals surface area contributed by atoms with Gasteiger partial charge in [0.25, 0.3) is 0 Å². The van der Waals surface area contributed by atoms with Gasteiger partial charge in [-0.1, -0.05) is 59.9 Å². The number of ether oxygens (including phenoxy) is 7. The van der Waals surface area contributed by atoms with E-state index in [4.69, 9.17) is 33.2 Å². The Morgan fingerprint density at radius 1 is 1.05 bits per heavy atom. The first kappa shape index (κ1) is 47.2. The molecule has 0 spiro atoms. The van der Waals surface area contributed by atoms with Crippen molar-refractivity contribution in [3.8, 4) is 0 Å². The smallest absolute Gasteiger partial charge is 0.407 e. The van der Waals surface area contributed by atoms with Gasteiger partial charge in [-0.3, -0.25) is 4.79 Å². The molecule has 2 aliphatic heterocycles. The third-order valence-electron chi connectivity index (χ3n) is 13.3. The summed E-state index contributed by atoms with van der Waals surface area (Å²) < 4.78 is 44.4. The molecule has 6 rings (SSSR count). The summed E-state index contributed by atoms with van der Waals surface area (Å²) >= 11 is 0. The van der Waals surface area contributed by atoms with Crippen LogP contribution in [0.15, 0.2) is 54.1 Å². The molecule has 1 aromatic rings. The summed E-state index contributed by atoms with van der Waals surface area (Å²) in [4.78, 5) is 54.6. The molecular formula is C46H67NO13. The first-order valence-electron chi connectivity index (χ1n) is 20.7. The van der Waals surface area contributed by atoms with Gasteiger partial charge in [0, 0.05) is 31.1 Å². The fourth-order valence-electron chi connectivity index (χ4n) is 11.1. The minimum atomic E-state index is -1.79. The van der Waals surface area contributed by atoms with Crippen molar-refractivity contribution >= 4 is 24.0 Å². The molecule has 14 heteroatoms. The molecule has 3 unspecified atom stereocenters. The highest BCUT2D eigenvalue weighted by Crippen LogP contribution is 2.70. The number of amides is 1. The standard InChI is InChI=1S/C45H63NO13.CH4/c1-13-32-55-30-20-31-45(22-53-31,58-26(6)47)35-37(57-38(49)27-17-15-14-16-18-27)44(42(10,11)52)21-29(24(4)33(44)25(5)36(56-32)43(30,35)12)54-39(50)34(48)28(19-23(2)3)46-40(51)59-41(7,8)9;/h13-18,23,25,28-32,34-37,48,52H,1,19-22H2,2-12H3,(H,46,51);1H4/t25-,28?,29?,30-,31+,32?,34-,35-,36-,37-,43+,44-,45-;/m0./s1. The van der Waals surface area contributed by atoms with Gasteiger partial charge in [-0.25, -0.2) is 14.4 Å². The molecule has 0 radical (unpaired) electrons. The fourth-order valence-corrected chi connectivity index (χ4v) is 11.1. The van der Waals surface area contributed by atoms with Gasteiger partial charge >= 0.3 is 24.0 Å². The van der Waals surface area contributed by atoms with Crippen LogP contribution in [-0.2, 0) is 42.7 Å². The predicted molar refractivity (Wildman–Crippen MR) is 220 cm³/mol. The number of nitrogens with one attached hydrogen (secondary N) is 1. The van der Waals surface area contributed by atoms with Gasteiger partial charge in [0.2, 0.25) is 0 Å². The second-order valence-corrected chi connectivity index (χ2v) is 19.3. The van der Waals surface area contributed by atoms with E-state index in [9.17, 15) is 29.4 Å². The largest absolute Gasteiger partial charge is 0.457 e. The van der Waals surface area contributed by atoms with Crippen molar-refractivity contribution in [2.45, 2.75) is 169 Å². The Morgan fingerprint density at radius 3 is 2.23 bits per heavy atom. The van der Waals surface area contributed by atoms with Crippen LogP contribution in [0.3, 0.4) is 0 Å². The van der Waals surface area contributed by atoms with Gasteiger partial charge in [0.15, 0.2) is 18.0 Å². The molecule has 3 aliphatic carbocycles. The monoisotopic (exact) mass is 841 g/mol. The summed E-state index contributed by atoms with van der Waals surface area (Å²) in [5.41, 5.74) is -4.92. The van der Waals surface area contributed by atoms with Gasteiger partial charge in [-0.15, -0.1) is 0 Å². The van der Waals surface area contributed by atoms with Crippen LogP contribution in [-0.4, -0.2) is 107 Å². The van der Waals surface area contributed by atoms with Crippen LogP contribution in [0.1, 0.15) is 113 Å². The van der Waals surface area contributed by atoms with Crippen molar-refractivity contribution in [1.82, 2.24) is 5.32 Å². The maximum absolute atomic E-state index is 14.5. The van der Waals surface area contributed by atoms with Crippen molar-refractivity contribution in [3.05, 3.63) is 59.7 Å².